The molecule has 0 radical (unpaired) electrons. The molecule has 1 saturated carbocycles. The van der Waals surface area contributed by atoms with Crippen molar-refractivity contribution in [2.24, 2.45) is 11.3 Å². The summed E-state index contributed by atoms with van der Waals surface area (Å²) >= 11 is 0. The molecule has 4 heteroatoms. The first-order valence-electron chi connectivity index (χ1n) is 6.60. The molecule has 0 amide bonds. The van der Waals surface area contributed by atoms with E-state index in [9.17, 15) is 18.7 Å². The highest BCUT2D eigenvalue weighted by atomic mass is 19.1. The molecule has 2 rings (SSSR count). The monoisotopic (exact) mass is 268 g/mol. The van der Waals surface area contributed by atoms with E-state index in [4.69, 9.17) is 0 Å². The Morgan fingerprint density at radius 1 is 1.47 bits per heavy atom. The second kappa shape index (κ2) is 5.27. The van der Waals surface area contributed by atoms with Crippen LogP contribution in [0.4, 0.5) is 8.78 Å². The van der Waals surface area contributed by atoms with Crippen LogP contribution in [0.5, 0.6) is 0 Å². The van der Waals surface area contributed by atoms with Crippen LogP contribution in [0.2, 0.25) is 0 Å². The standard InChI is InChI=1S/C15H18F2O2/c1-10-3-2-6-15(8-10,14(18)19)9-11-4-5-12(16)7-13(11)17/h4-5,7,10H,2-3,6,8-9H2,1H3,(H,18,19). The molecule has 19 heavy (non-hydrogen) atoms. The van der Waals surface area contributed by atoms with Crippen molar-refractivity contribution < 1.29 is 18.7 Å². The molecule has 2 atom stereocenters. The maximum Gasteiger partial charge on any atom is 0.309 e. The summed E-state index contributed by atoms with van der Waals surface area (Å²) in [5, 5.41) is 9.52. The van der Waals surface area contributed by atoms with Gasteiger partial charge >= 0.3 is 5.97 Å². The van der Waals surface area contributed by atoms with Crippen LogP contribution >= 0.6 is 0 Å². The van der Waals surface area contributed by atoms with Crippen molar-refractivity contribution in [1.29, 1.82) is 0 Å². The zero-order valence-electron chi connectivity index (χ0n) is 11.0. The Morgan fingerprint density at radius 3 is 2.79 bits per heavy atom. The minimum atomic E-state index is -0.906. The van der Waals surface area contributed by atoms with Gasteiger partial charge in [0.2, 0.25) is 0 Å². The van der Waals surface area contributed by atoms with E-state index in [1.807, 2.05) is 6.92 Å². The highest BCUT2D eigenvalue weighted by molar-refractivity contribution is 5.75. The van der Waals surface area contributed by atoms with E-state index in [0.717, 1.165) is 18.9 Å². The highest BCUT2D eigenvalue weighted by Crippen LogP contribution is 2.42. The smallest absolute Gasteiger partial charge is 0.309 e. The summed E-state index contributed by atoms with van der Waals surface area (Å²) in [6.07, 6.45) is 3.11. The van der Waals surface area contributed by atoms with E-state index in [2.05, 4.69) is 0 Å². The molecular weight excluding hydrogens is 250 g/mol. The van der Waals surface area contributed by atoms with Crippen molar-refractivity contribution in [3.63, 3.8) is 0 Å². The van der Waals surface area contributed by atoms with Crippen molar-refractivity contribution in [3.8, 4) is 0 Å². The van der Waals surface area contributed by atoms with E-state index in [0.29, 0.717) is 18.8 Å². The molecule has 1 aromatic carbocycles. The lowest BCUT2D eigenvalue weighted by Crippen LogP contribution is -2.38. The number of benzene rings is 1. The van der Waals surface area contributed by atoms with Gasteiger partial charge in [0.25, 0.3) is 0 Å². The van der Waals surface area contributed by atoms with Crippen LogP contribution in [0.1, 0.15) is 38.2 Å². The summed E-state index contributed by atoms with van der Waals surface area (Å²) in [6.45, 7) is 2.03. The van der Waals surface area contributed by atoms with E-state index >= 15 is 0 Å². The van der Waals surface area contributed by atoms with Gasteiger partial charge in [-0.2, -0.15) is 0 Å². The molecule has 1 aromatic rings. The Hall–Kier alpha value is -1.45. The van der Waals surface area contributed by atoms with Crippen molar-refractivity contribution >= 4 is 5.97 Å². The van der Waals surface area contributed by atoms with Crippen LogP contribution in [0.15, 0.2) is 18.2 Å². The van der Waals surface area contributed by atoms with Crippen LogP contribution in [0.25, 0.3) is 0 Å². The fourth-order valence-corrected chi connectivity index (χ4v) is 3.12. The summed E-state index contributed by atoms with van der Waals surface area (Å²) in [6, 6.07) is 3.35. The van der Waals surface area contributed by atoms with Gasteiger partial charge in [0.1, 0.15) is 11.6 Å². The lowest BCUT2D eigenvalue weighted by atomic mass is 9.67. The first-order valence-corrected chi connectivity index (χ1v) is 6.60. The summed E-state index contributed by atoms with van der Waals surface area (Å²) in [7, 11) is 0. The molecule has 2 unspecified atom stereocenters. The first-order chi connectivity index (χ1) is 8.93. The van der Waals surface area contributed by atoms with Gasteiger partial charge < -0.3 is 5.11 Å². The second-order valence-electron chi connectivity index (χ2n) is 5.70. The zero-order valence-corrected chi connectivity index (χ0v) is 11.0. The van der Waals surface area contributed by atoms with E-state index in [1.165, 1.54) is 12.1 Å². The van der Waals surface area contributed by atoms with Crippen LogP contribution in [-0.2, 0) is 11.2 Å². The Labute approximate surface area is 111 Å². The van der Waals surface area contributed by atoms with Gasteiger partial charge in [-0.3, -0.25) is 4.79 Å². The number of carbonyl (C=O) groups is 1. The molecule has 0 spiro atoms. The maximum atomic E-state index is 13.7. The first kappa shape index (κ1) is 14.0. The van der Waals surface area contributed by atoms with Crippen molar-refractivity contribution in [2.75, 3.05) is 0 Å². The van der Waals surface area contributed by atoms with Crippen LogP contribution in [0.3, 0.4) is 0 Å². The van der Waals surface area contributed by atoms with Gasteiger partial charge in [-0.25, -0.2) is 8.78 Å². The van der Waals surface area contributed by atoms with Gasteiger partial charge in [0.15, 0.2) is 0 Å². The molecule has 0 aliphatic heterocycles. The van der Waals surface area contributed by atoms with Gasteiger partial charge in [0, 0.05) is 6.07 Å². The Balaban J connectivity index is 2.28. The van der Waals surface area contributed by atoms with Gasteiger partial charge in [0.05, 0.1) is 5.41 Å². The Bertz CT molecular complexity index is 487. The SMILES string of the molecule is CC1CCCC(Cc2ccc(F)cc2F)(C(=O)O)C1. The minimum Gasteiger partial charge on any atom is -0.481 e. The number of carboxylic acids is 1. The molecule has 1 aliphatic rings. The topological polar surface area (TPSA) is 37.3 Å². The Morgan fingerprint density at radius 2 is 2.21 bits per heavy atom. The predicted octanol–water partition coefficient (Wildman–Crippen LogP) is 3.79. The Kier molecular flexibility index (Phi) is 3.88. The van der Waals surface area contributed by atoms with Crippen molar-refractivity contribution in [3.05, 3.63) is 35.4 Å². The summed E-state index contributed by atoms with van der Waals surface area (Å²) in [4.78, 5) is 11.6. The van der Waals surface area contributed by atoms with E-state index in [1.54, 1.807) is 0 Å². The molecule has 2 nitrogen and oxygen atoms in total. The molecule has 0 saturated heterocycles. The number of halogens is 2. The number of aliphatic carboxylic acids is 1. The third kappa shape index (κ3) is 2.94. The molecule has 0 bridgehead atoms. The average Bonchev–Trinajstić information content (AvgIpc) is 2.33. The zero-order chi connectivity index (χ0) is 14.0. The van der Waals surface area contributed by atoms with Crippen LogP contribution < -0.4 is 0 Å². The van der Waals surface area contributed by atoms with Gasteiger partial charge in [-0.05, 0) is 36.8 Å². The van der Waals surface area contributed by atoms with Crippen LogP contribution in [-0.4, -0.2) is 11.1 Å². The van der Waals surface area contributed by atoms with Crippen LogP contribution in [0, 0.1) is 23.0 Å². The molecule has 0 heterocycles. The third-order valence-corrected chi connectivity index (χ3v) is 4.09. The summed E-state index contributed by atoms with van der Waals surface area (Å²) < 4.78 is 26.6. The van der Waals surface area contributed by atoms with E-state index < -0.39 is 23.0 Å². The fraction of sp³-hybridized carbons (Fsp3) is 0.533. The van der Waals surface area contributed by atoms with Crippen molar-refractivity contribution in [2.45, 2.75) is 39.0 Å². The largest absolute Gasteiger partial charge is 0.481 e. The number of carboxylic acid groups (broad SMARTS) is 1. The maximum absolute atomic E-state index is 13.7. The lowest BCUT2D eigenvalue weighted by molar-refractivity contribution is -0.152. The fourth-order valence-electron chi connectivity index (χ4n) is 3.12. The molecule has 1 N–H and O–H groups in total. The highest BCUT2D eigenvalue weighted by Gasteiger charge is 2.42. The lowest BCUT2D eigenvalue weighted by Gasteiger charge is -2.36. The normalized spacial score (nSPS) is 27.2. The molecule has 0 aromatic heterocycles. The molecule has 1 fully saturated rings. The second-order valence-corrected chi connectivity index (χ2v) is 5.70. The van der Waals surface area contributed by atoms with Gasteiger partial charge in [-0.1, -0.05) is 25.8 Å². The summed E-state index contributed by atoms with van der Waals surface area (Å²) in [5.41, 5.74) is -0.617. The minimum absolute atomic E-state index is 0.138. The molecule has 104 valence electrons. The number of hydrogen-bond donors (Lipinski definition) is 1. The van der Waals surface area contributed by atoms with Gasteiger partial charge in [-0.15, -0.1) is 0 Å². The summed E-state index contributed by atoms with van der Waals surface area (Å²) in [5.74, 6) is -1.84. The quantitative estimate of drug-likeness (QED) is 0.905. The number of hydrogen-bond acceptors (Lipinski definition) is 1. The van der Waals surface area contributed by atoms with E-state index in [-0.39, 0.29) is 12.0 Å². The molecular formula is C15H18F2O2. The third-order valence-electron chi connectivity index (χ3n) is 4.09. The van der Waals surface area contributed by atoms with Crippen molar-refractivity contribution in [1.82, 2.24) is 0 Å². The molecule has 1 aliphatic carbocycles. The number of rotatable bonds is 3. The average molecular weight is 268 g/mol. The predicted molar refractivity (Wildman–Crippen MR) is 67.8 cm³/mol.